The van der Waals surface area contributed by atoms with E-state index in [0.29, 0.717) is 12.1 Å². The van der Waals surface area contributed by atoms with Crippen molar-refractivity contribution in [3.8, 4) is 17.2 Å². The van der Waals surface area contributed by atoms with Gasteiger partial charge in [0, 0.05) is 11.3 Å². The standard InChI is InChI=1S/C15H7ClF6N2/c1-7-12(4-9(6-23)13(16)24-7)8-2-10(14(17,18)19)5-11(3-8)15(20,21)22/h2-5H,1H3. The lowest BCUT2D eigenvalue weighted by atomic mass is 9.97. The first-order valence-corrected chi connectivity index (χ1v) is 6.68. The van der Waals surface area contributed by atoms with E-state index in [-0.39, 0.29) is 33.6 Å². The minimum Gasteiger partial charge on any atom is -0.239 e. The quantitative estimate of drug-likeness (QED) is 0.486. The molecule has 0 aliphatic carbocycles. The number of rotatable bonds is 1. The van der Waals surface area contributed by atoms with Crippen LogP contribution in [0, 0.1) is 18.3 Å². The van der Waals surface area contributed by atoms with Crippen molar-refractivity contribution in [3.63, 3.8) is 0 Å². The summed E-state index contributed by atoms with van der Waals surface area (Å²) in [6, 6.07) is 3.99. The molecule has 0 aliphatic rings. The van der Waals surface area contributed by atoms with E-state index in [0.717, 1.165) is 6.07 Å². The molecule has 0 N–H and O–H groups in total. The highest BCUT2D eigenvalue weighted by Crippen LogP contribution is 2.39. The van der Waals surface area contributed by atoms with E-state index in [2.05, 4.69) is 4.98 Å². The predicted molar refractivity (Wildman–Crippen MR) is 74.1 cm³/mol. The summed E-state index contributed by atoms with van der Waals surface area (Å²) in [5.41, 5.74) is -3.32. The average molecular weight is 365 g/mol. The minimum atomic E-state index is -4.96. The Morgan fingerprint density at radius 3 is 1.88 bits per heavy atom. The summed E-state index contributed by atoms with van der Waals surface area (Å²) in [7, 11) is 0. The van der Waals surface area contributed by atoms with Crippen molar-refractivity contribution in [2.24, 2.45) is 0 Å². The summed E-state index contributed by atoms with van der Waals surface area (Å²) < 4.78 is 77.4. The predicted octanol–water partition coefficient (Wildman–Crippen LogP) is 5.62. The molecule has 1 aromatic heterocycles. The van der Waals surface area contributed by atoms with Crippen molar-refractivity contribution in [2.75, 3.05) is 0 Å². The van der Waals surface area contributed by atoms with Gasteiger partial charge in [0.25, 0.3) is 0 Å². The van der Waals surface area contributed by atoms with Crippen LogP contribution in [0.3, 0.4) is 0 Å². The molecule has 0 unspecified atom stereocenters. The zero-order valence-corrected chi connectivity index (χ0v) is 12.6. The van der Waals surface area contributed by atoms with Crippen LogP contribution in [-0.2, 0) is 12.4 Å². The Balaban J connectivity index is 2.78. The van der Waals surface area contributed by atoms with Crippen molar-refractivity contribution in [2.45, 2.75) is 19.3 Å². The number of hydrogen-bond acceptors (Lipinski definition) is 2. The maximum atomic E-state index is 12.9. The van der Waals surface area contributed by atoms with Crippen LogP contribution in [0.5, 0.6) is 0 Å². The van der Waals surface area contributed by atoms with Gasteiger partial charge in [-0.25, -0.2) is 4.98 Å². The van der Waals surface area contributed by atoms with E-state index in [1.165, 1.54) is 6.92 Å². The molecular weight excluding hydrogens is 358 g/mol. The third kappa shape index (κ3) is 3.62. The Kier molecular flexibility index (Phi) is 4.50. The van der Waals surface area contributed by atoms with Crippen LogP contribution in [0.15, 0.2) is 24.3 Å². The van der Waals surface area contributed by atoms with Gasteiger partial charge in [0.1, 0.15) is 11.2 Å². The van der Waals surface area contributed by atoms with E-state index in [1.807, 2.05) is 0 Å². The van der Waals surface area contributed by atoms with E-state index in [4.69, 9.17) is 16.9 Å². The molecule has 0 fully saturated rings. The number of halogens is 7. The van der Waals surface area contributed by atoms with E-state index in [1.54, 1.807) is 6.07 Å². The van der Waals surface area contributed by atoms with Crippen molar-refractivity contribution >= 4 is 11.6 Å². The molecule has 2 rings (SSSR count). The fraction of sp³-hybridized carbons (Fsp3) is 0.200. The van der Waals surface area contributed by atoms with Crippen molar-refractivity contribution in [1.82, 2.24) is 4.98 Å². The van der Waals surface area contributed by atoms with E-state index in [9.17, 15) is 26.3 Å². The first kappa shape index (κ1) is 18.1. The fourth-order valence-electron chi connectivity index (χ4n) is 2.06. The largest absolute Gasteiger partial charge is 0.416 e. The molecule has 1 heterocycles. The molecule has 2 aromatic rings. The fourth-order valence-corrected chi connectivity index (χ4v) is 2.28. The van der Waals surface area contributed by atoms with Crippen LogP contribution < -0.4 is 0 Å². The second-order valence-electron chi connectivity index (χ2n) is 4.87. The zero-order valence-electron chi connectivity index (χ0n) is 11.8. The molecule has 0 bridgehead atoms. The molecule has 24 heavy (non-hydrogen) atoms. The Morgan fingerprint density at radius 1 is 0.958 bits per heavy atom. The monoisotopic (exact) mass is 364 g/mol. The number of pyridine rings is 1. The summed E-state index contributed by atoms with van der Waals surface area (Å²) in [5.74, 6) is 0. The molecule has 9 heteroatoms. The Morgan fingerprint density at radius 2 is 1.46 bits per heavy atom. The molecular formula is C15H7ClF6N2. The topological polar surface area (TPSA) is 36.7 Å². The summed E-state index contributed by atoms with van der Waals surface area (Å²) in [6.07, 6.45) is -9.91. The van der Waals surface area contributed by atoms with Gasteiger partial charge < -0.3 is 0 Å². The molecule has 0 spiro atoms. The van der Waals surface area contributed by atoms with E-state index < -0.39 is 23.5 Å². The first-order valence-electron chi connectivity index (χ1n) is 6.30. The number of aromatic nitrogens is 1. The molecule has 0 atom stereocenters. The number of nitrogens with zero attached hydrogens (tertiary/aromatic N) is 2. The van der Waals surface area contributed by atoms with Gasteiger partial charge in [-0.1, -0.05) is 11.6 Å². The Hall–Kier alpha value is -2.27. The lowest BCUT2D eigenvalue weighted by Gasteiger charge is -2.15. The highest BCUT2D eigenvalue weighted by atomic mass is 35.5. The summed E-state index contributed by atoms with van der Waals surface area (Å²) in [5, 5.41) is 8.74. The highest BCUT2D eigenvalue weighted by Gasteiger charge is 2.37. The minimum absolute atomic E-state index is 0.0347. The molecule has 0 aliphatic heterocycles. The van der Waals surface area contributed by atoms with Crippen LogP contribution in [0.25, 0.3) is 11.1 Å². The molecule has 1 aromatic carbocycles. The third-order valence-electron chi connectivity index (χ3n) is 3.19. The Bertz CT molecular complexity index is 801. The molecule has 0 saturated carbocycles. The summed E-state index contributed by atoms with van der Waals surface area (Å²) >= 11 is 5.70. The number of hydrogen-bond donors (Lipinski definition) is 0. The van der Waals surface area contributed by atoms with Gasteiger partial charge >= 0.3 is 12.4 Å². The van der Waals surface area contributed by atoms with Gasteiger partial charge in [-0.2, -0.15) is 31.6 Å². The van der Waals surface area contributed by atoms with Crippen LogP contribution in [0.4, 0.5) is 26.3 Å². The van der Waals surface area contributed by atoms with Crippen molar-refractivity contribution in [1.29, 1.82) is 5.26 Å². The smallest absolute Gasteiger partial charge is 0.239 e. The molecule has 2 nitrogen and oxygen atoms in total. The second-order valence-corrected chi connectivity index (χ2v) is 5.22. The SMILES string of the molecule is Cc1nc(Cl)c(C#N)cc1-c1cc(C(F)(F)F)cc(C(F)(F)F)c1. The van der Waals surface area contributed by atoms with Gasteiger partial charge in [0.15, 0.2) is 0 Å². The van der Waals surface area contributed by atoms with Crippen LogP contribution in [0.2, 0.25) is 5.15 Å². The second kappa shape index (κ2) is 5.98. The normalized spacial score (nSPS) is 12.1. The van der Waals surface area contributed by atoms with Crippen molar-refractivity contribution < 1.29 is 26.3 Å². The first-order chi connectivity index (χ1) is 10.9. The number of alkyl halides is 6. The van der Waals surface area contributed by atoms with Gasteiger partial charge in [-0.05, 0) is 36.8 Å². The molecule has 0 saturated heterocycles. The molecule has 126 valence electrons. The van der Waals surface area contributed by atoms with Crippen LogP contribution >= 0.6 is 11.6 Å². The van der Waals surface area contributed by atoms with Gasteiger partial charge in [0.2, 0.25) is 0 Å². The third-order valence-corrected chi connectivity index (χ3v) is 3.47. The van der Waals surface area contributed by atoms with Crippen LogP contribution in [-0.4, -0.2) is 4.98 Å². The maximum Gasteiger partial charge on any atom is 0.416 e. The lowest BCUT2D eigenvalue weighted by Crippen LogP contribution is -2.11. The van der Waals surface area contributed by atoms with Gasteiger partial charge in [0.05, 0.1) is 16.7 Å². The van der Waals surface area contributed by atoms with Gasteiger partial charge in [-0.15, -0.1) is 0 Å². The Labute approximate surface area is 137 Å². The van der Waals surface area contributed by atoms with E-state index >= 15 is 0 Å². The number of nitriles is 1. The maximum absolute atomic E-state index is 12.9. The highest BCUT2D eigenvalue weighted by molar-refractivity contribution is 6.30. The molecule has 0 radical (unpaired) electrons. The number of benzene rings is 1. The average Bonchev–Trinajstić information content (AvgIpc) is 2.45. The van der Waals surface area contributed by atoms with Gasteiger partial charge in [-0.3, -0.25) is 0 Å². The summed E-state index contributed by atoms with van der Waals surface area (Å²) in [4.78, 5) is 3.78. The van der Waals surface area contributed by atoms with Crippen molar-refractivity contribution in [3.05, 3.63) is 51.8 Å². The summed E-state index contributed by atoms with van der Waals surface area (Å²) in [6.45, 7) is 1.37. The molecule has 0 amide bonds. The van der Waals surface area contributed by atoms with Crippen LogP contribution in [0.1, 0.15) is 22.4 Å². The lowest BCUT2D eigenvalue weighted by molar-refractivity contribution is -0.143. The zero-order chi connectivity index (χ0) is 18.3. The number of aryl methyl sites for hydroxylation is 1.